The van der Waals surface area contributed by atoms with Gasteiger partial charge in [-0.3, -0.25) is 0 Å². The summed E-state index contributed by atoms with van der Waals surface area (Å²) in [6.45, 7) is 7.79. The zero-order chi connectivity index (χ0) is 15.7. The van der Waals surface area contributed by atoms with Crippen molar-refractivity contribution in [3.63, 3.8) is 0 Å². The molecule has 0 saturated carbocycles. The average Bonchev–Trinajstić information content (AvgIpc) is 2.46. The zero-order valence-electron chi connectivity index (χ0n) is 13.6. The predicted molar refractivity (Wildman–Crippen MR) is 95.6 cm³/mol. The molecule has 0 radical (unpaired) electrons. The number of rotatable bonds is 10. The van der Waals surface area contributed by atoms with Crippen LogP contribution in [0.2, 0.25) is 10.0 Å². The molecule has 0 amide bonds. The van der Waals surface area contributed by atoms with E-state index in [0.717, 1.165) is 35.0 Å². The lowest BCUT2D eigenvalue weighted by Gasteiger charge is -2.29. The van der Waals surface area contributed by atoms with Crippen LogP contribution in [0.3, 0.4) is 0 Å². The Balaban J connectivity index is 2.90. The summed E-state index contributed by atoms with van der Waals surface area (Å²) in [7, 11) is 0. The Morgan fingerprint density at radius 1 is 0.952 bits per heavy atom. The third kappa shape index (κ3) is 6.18. The average molecular weight is 330 g/mol. The lowest BCUT2D eigenvalue weighted by Crippen LogP contribution is -2.38. The summed E-state index contributed by atoms with van der Waals surface area (Å²) in [5.41, 5.74) is 1.09. The van der Waals surface area contributed by atoms with E-state index in [1.807, 2.05) is 18.2 Å². The Bertz CT molecular complexity index is 380. The Morgan fingerprint density at radius 2 is 1.52 bits per heavy atom. The first kappa shape index (κ1) is 18.8. The molecule has 120 valence electrons. The minimum Gasteiger partial charge on any atom is -0.313 e. The highest BCUT2D eigenvalue weighted by Crippen LogP contribution is 2.29. The number of halogens is 2. The zero-order valence-corrected chi connectivity index (χ0v) is 15.1. The van der Waals surface area contributed by atoms with Gasteiger partial charge in [0.1, 0.15) is 0 Å². The normalized spacial score (nSPS) is 12.9. The summed E-state index contributed by atoms with van der Waals surface area (Å²) in [5.74, 6) is 0.693. The van der Waals surface area contributed by atoms with E-state index in [4.69, 9.17) is 23.2 Å². The molecule has 0 saturated heterocycles. The molecule has 0 aliphatic heterocycles. The van der Waals surface area contributed by atoms with Gasteiger partial charge in [0.05, 0.1) is 0 Å². The van der Waals surface area contributed by atoms with Crippen molar-refractivity contribution in [2.45, 2.75) is 65.3 Å². The molecule has 0 heterocycles. The molecule has 1 aromatic rings. The summed E-state index contributed by atoms with van der Waals surface area (Å²) in [4.78, 5) is 0. The monoisotopic (exact) mass is 329 g/mol. The number of nitrogens with one attached hydrogen (secondary N) is 1. The number of hydrogen-bond donors (Lipinski definition) is 1. The molecule has 1 atom stereocenters. The third-order valence-electron chi connectivity index (χ3n) is 4.03. The minimum absolute atomic E-state index is 0.460. The van der Waals surface area contributed by atoms with Crippen LogP contribution in [0.15, 0.2) is 18.2 Å². The van der Waals surface area contributed by atoms with Gasteiger partial charge in [0.2, 0.25) is 0 Å². The second-order valence-corrected chi connectivity index (χ2v) is 6.62. The van der Waals surface area contributed by atoms with Crippen molar-refractivity contribution in [2.24, 2.45) is 5.92 Å². The second-order valence-electron chi connectivity index (χ2n) is 5.80. The van der Waals surface area contributed by atoms with Gasteiger partial charge in [0, 0.05) is 16.1 Å². The van der Waals surface area contributed by atoms with Crippen LogP contribution in [0.25, 0.3) is 0 Å². The molecule has 0 aliphatic carbocycles. The fourth-order valence-electron chi connectivity index (χ4n) is 2.97. The first-order chi connectivity index (χ1) is 10.1. The van der Waals surface area contributed by atoms with Crippen LogP contribution in [-0.4, -0.2) is 12.6 Å². The Hall–Kier alpha value is -0.240. The van der Waals surface area contributed by atoms with Crippen molar-refractivity contribution >= 4 is 23.2 Å². The van der Waals surface area contributed by atoms with Crippen molar-refractivity contribution in [3.05, 3.63) is 33.8 Å². The van der Waals surface area contributed by atoms with E-state index >= 15 is 0 Å². The smallest absolute Gasteiger partial charge is 0.0453 e. The Labute approximate surface area is 140 Å². The molecule has 1 unspecified atom stereocenters. The van der Waals surface area contributed by atoms with Gasteiger partial charge in [-0.1, -0.05) is 62.9 Å². The third-order valence-corrected chi connectivity index (χ3v) is 4.74. The molecule has 0 fully saturated rings. The van der Waals surface area contributed by atoms with Gasteiger partial charge in [-0.25, -0.2) is 0 Å². The molecule has 0 spiro atoms. The van der Waals surface area contributed by atoms with Crippen LogP contribution in [0, 0.1) is 5.92 Å². The number of hydrogen-bond acceptors (Lipinski definition) is 1. The molecule has 0 aromatic heterocycles. The molecule has 1 N–H and O–H groups in total. The summed E-state index contributed by atoms with van der Waals surface area (Å²) in [6, 6.07) is 6.25. The van der Waals surface area contributed by atoms with Crippen molar-refractivity contribution < 1.29 is 0 Å². The van der Waals surface area contributed by atoms with E-state index in [-0.39, 0.29) is 0 Å². The van der Waals surface area contributed by atoms with Gasteiger partial charge in [-0.05, 0) is 55.8 Å². The van der Waals surface area contributed by atoms with Gasteiger partial charge in [0.15, 0.2) is 0 Å². The molecule has 0 aliphatic rings. The van der Waals surface area contributed by atoms with Crippen LogP contribution in [-0.2, 0) is 6.42 Å². The lowest BCUT2D eigenvalue weighted by atomic mass is 9.86. The van der Waals surface area contributed by atoms with Gasteiger partial charge in [-0.2, -0.15) is 0 Å². The fourth-order valence-corrected chi connectivity index (χ4v) is 3.52. The topological polar surface area (TPSA) is 12.0 Å². The second kappa shape index (κ2) is 10.5. The van der Waals surface area contributed by atoms with Crippen molar-refractivity contribution in [1.82, 2.24) is 5.32 Å². The van der Waals surface area contributed by atoms with Crippen LogP contribution in [0.5, 0.6) is 0 Å². The van der Waals surface area contributed by atoms with Crippen molar-refractivity contribution in [2.75, 3.05) is 6.54 Å². The SMILES string of the molecule is CCCNC(Cc1c(Cl)cccc1Cl)C(CCC)CCC. The van der Waals surface area contributed by atoms with Crippen LogP contribution >= 0.6 is 23.2 Å². The van der Waals surface area contributed by atoms with E-state index in [9.17, 15) is 0 Å². The van der Waals surface area contributed by atoms with Crippen LogP contribution in [0.4, 0.5) is 0 Å². The van der Waals surface area contributed by atoms with E-state index in [2.05, 4.69) is 26.1 Å². The summed E-state index contributed by atoms with van der Waals surface area (Å²) < 4.78 is 0. The first-order valence-corrected chi connectivity index (χ1v) is 9.05. The molecule has 0 bridgehead atoms. The van der Waals surface area contributed by atoms with E-state index < -0.39 is 0 Å². The van der Waals surface area contributed by atoms with Crippen LogP contribution < -0.4 is 5.32 Å². The van der Waals surface area contributed by atoms with Gasteiger partial charge in [-0.15, -0.1) is 0 Å². The van der Waals surface area contributed by atoms with E-state index in [1.165, 1.54) is 25.7 Å². The summed E-state index contributed by atoms with van der Waals surface area (Å²) >= 11 is 12.7. The van der Waals surface area contributed by atoms with E-state index in [1.54, 1.807) is 0 Å². The Kier molecular flexibility index (Phi) is 9.39. The molecule has 1 rings (SSSR count). The Morgan fingerprint density at radius 3 is 2.00 bits per heavy atom. The summed E-state index contributed by atoms with van der Waals surface area (Å²) in [5, 5.41) is 5.30. The maximum Gasteiger partial charge on any atom is 0.0453 e. The van der Waals surface area contributed by atoms with Crippen molar-refractivity contribution in [1.29, 1.82) is 0 Å². The van der Waals surface area contributed by atoms with Gasteiger partial charge in [0.25, 0.3) is 0 Å². The molecular formula is C18H29Cl2N. The minimum atomic E-state index is 0.460. The highest BCUT2D eigenvalue weighted by Gasteiger charge is 2.22. The lowest BCUT2D eigenvalue weighted by molar-refractivity contribution is 0.309. The summed E-state index contributed by atoms with van der Waals surface area (Å²) in [6.07, 6.45) is 7.05. The first-order valence-electron chi connectivity index (χ1n) is 8.30. The van der Waals surface area contributed by atoms with Gasteiger partial charge >= 0.3 is 0 Å². The highest BCUT2D eigenvalue weighted by atomic mass is 35.5. The predicted octanol–water partition coefficient (Wildman–Crippen LogP) is 6.12. The standard InChI is InChI=1S/C18H29Cl2N/c1-4-8-14(9-5-2)18(21-12-6-3)13-15-16(19)10-7-11-17(15)20/h7,10-11,14,18,21H,4-6,8-9,12-13H2,1-3H3. The van der Waals surface area contributed by atoms with Gasteiger partial charge < -0.3 is 5.32 Å². The highest BCUT2D eigenvalue weighted by molar-refractivity contribution is 6.36. The maximum absolute atomic E-state index is 6.35. The molecule has 1 nitrogen and oxygen atoms in total. The van der Waals surface area contributed by atoms with Crippen LogP contribution in [0.1, 0.15) is 58.4 Å². The largest absolute Gasteiger partial charge is 0.313 e. The quantitative estimate of drug-likeness (QED) is 0.545. The fraction of sp³-hybridized carbons (Fsp3) is 0.667. The molecule has 1 aromatic carbocycles. The molecular weight excluding hydrogens is 301 g/mol. The van der Waals surface area contributed by atoms with E-state index in [0.29, 0.717) is 12.0 Å². The van der Waals surface area contributed by atoms with Crippen molar-refractivity contribution in [3.8, 4) is 0 Å². The number of benzene rings is 1. The maximum atomic E-state index is 6.35. The molecule has 3 heteroatoms. The molecule has 21 heavy (non-hydrogen) atoms.